The standard InChI is InChI=1S/C6H16N4O2/c7-1-5(9)3-12-6(10,2-8)4-11-5/h1-4,7-10H2. The van der Waals surface area contributed by atoms with Crippen LogP contribution in [0.3, 0.4) is 0 Å². The summed E-state index contributed by atoms with van der Waals surface area (Å²) in [6.07, 6.45) is 0. The zero-order valence-corrected chi connectivity index (χ0v) is 6.95. The van der Waals surface area contributed by atoms with E-state index in [1.54, 1.807) is 0 Å². The molecule has 1 fully saturated rings. The average molecular weight is 176 g/mol. The van der Waals surface area contributed by atoms with Gasteiger partial charge >= 0.3 is 0 Å². The molecule has 1 rings (SSSR count). The molecule has 6 nitrogen and oxygen atoms in total. The first-order valence-electron chi connectivity index (χ1n) is 3.79. The number of nitrogens with two attached hydrogens (primary N) is 4. The zero-order chi connectivity index (χ0) is 9.24. The minimum absolute atomic E-state index is 0.178. The van der Waals surface area contributed by atoms with Crippen molar-refractivity contribution in [2.75, 3.05) is 26.3 Å². The summed E-state index contributed by atoms with van der Waals surface area (Å²) in [6.45, 7) is 0.760. The Morgan fingerprint density at radius 3 is 1.42 bits per heavy atom. The summed E-state index contributed by atoms with van der Waals surface area (Å²) in [7, 11) is 0. The summed E-state index contributed by atoms with van der Waals surface area (Å²) in [4.78, 5) is 0. The monoisotopic (exact) mass is 176 g/mol. The van der Waals surface area contributed by atoms with E-state index in [4.69, 9.17) is 32.4 Å². The van der Waals surface area contributed by atoms with Gasteiger partial charge in [0.05, 0.1) is 13.2 Å². The van der Waals surface area contributed by atoms with Crippen LogP contribution < -0.4 is 22.9 Å². The molecule has 0 saturated carbocycles. The van der Waals surface area contributed by atoms with Gasteiger partial charge in [0.2, 0.25) is 0 Å². The first-order valence-corrected chi connectivity index (χ1v) is 3.79. The van der Waals surface area contributed by atoms with E-state index in [0.717, 1.165) is 0 Å². The molecule has 0 spiro atoms. The highest BCUT2D eigenvalue weighted by Crippen LogP contribution is 2.16. The van der Waals surface area contributed by atoms with Crippen molar-refractivity contribution in [3.05, 3.63) is 0 Å². The fourth-order valence-electron chi connectivity index (χ4n) is 0.851. The first-order chi connectivity index (χ1) is 5.54. The Labute approximate surface area is 71.1 Å². The van der Waals surface area contributed by atoms with Gasteiger partial charge < -0.3 is 32.4 Å². The van der Waals surface area contributed by atoms with Crippen LogP contribution >= 0.6 is 0 Å². The number of hydrogen-bond donors (Lipinski definition) is 4. The second-order valence-corrected chi connectivity index (χ2v) is 3.12. The lowest BCUT2D eigenvalue weighted by Gasteiger charge is -2.41. The normalized spacial score (nSPS) is 43.0. The molecule has 0 bridgehead atoms. The minimum Gasteiger partial charge on any atom is -0.353 e. The molecule has 0 aromatic heterocycles. The van der Waals surface area contributed by atoms with Crippen LogP contribution in [0.4, 0.5) is 0 Å². The molecule has 2 atom stereocenters. The van der Waals surface area contributed by atoms with Gasteiger partial charge in [-0.3, -0.25) is 0 Å². The molecule has 1 aliphatic rings. The molecule has 1 saturated heterocycles. The zero-order valence-electron chi connectivity index (χ0n) is 6.95. The van der Waals surface area contributed by atoms with Crippen LogP contribution in [0.25, 0.3) is 0 Å². The Hall–Kier alpha value is -0.240. The van der Waals surface area contributed by atoms with Crippen LogP contribution in [0.5, 0.6) is 0 Å². The van der Waals surface area contributed by atoms with E-state index in [9.17, 15) is 0 Å². The third-order valence-electron chi connectivity index (χ3n) is 1.90. The molecule has 2 unspecified atom stereocenters. The molecule has 6 heteroatoms. The van der Waals surface area contributed by atoms with Crippen molar-refractivity contribution in [3.63, 3.8) is 0 Å². The fourth-order valence-corrected chi connectivity index (χ4v) is 0.851. The predicted octanol–water partition coefficient (Wildman–Crippen LogP) is -2.74. The van der Waals surface area contributed by atoms with E-state index in [0.29, 0.717) is 0 Å². The van der Waals surface area contributed by atoms with Crippen molar-refractivity contribution in [3.8, 4) is 0 Å². The Balaban J connectivity index is 2.49. The summed E-state index contributed by atoms with van der Waals surface area (Å²) < 4.78 is 10.5. The smallest absolute Gasteiger partial charge is 0.152 e. The van der Waals surface area contributed by atoms with Crippen LogP contribution in [-0.4, -0.2) is 37.8 Å². The predicted molar refractivity (Wildman–Crippen MR) is 43.8 cm³/mol. The summed E-state index contributed by atoms with van der Waals surface area (Å²) in [5.74, 6) is 0. The van der Waals surface area contributed by atoms with E-state index >= 15 is 0 Å². The van der Waals surface area contributed by atoms with E-state index in [2.05, 4.69) is 0 Å². The second kappa shape index (κ2) is 3.25. The van der Waals surface area contributed by atoms with Gasteiger partial charge in [-0.15, -0.1) is 0 Å². The summed E-state index contributed by atoms with van der Waals surface area (Å²) in [6, 6.07) is 0. The van der Waals surface area contributed by atoms with Crippen molar-refractivity contribution >= 4 is 0 Å². The minimum atomic E-state index is -0.905. The average Bonchev–Trinajstić information content (AvgIpc) is 2.11. The lowest BCUT2D eigenvalue weighted by atomic mass is 10.1. The summed E-state index contributed by atoms with van der Waals surface area (Å²) >= 11 is 0. The SMILES string of the molecule is NCC1(N)COC(N)(CN)CO1. The highest BCUT2D eigenvalue weighted by atomic mass is 16.6. The molecule has 1 heterocycles. The van der Waals surface area contributed by atoms with E-state index in [1.807, 2.05) is 0 Å². The van der Waals surface area contributed by atoms with Crippen molar-refractivity contribution in [2.24, 2.45) is 22.9 Å². The molecule has 0 aromatic carbocycles. The second-order valence-electron chi connectivity index (χ2n) is 3.12. The molecule has 0 aliphatic carbocycles. The number of ether oxygens (including phenoxy) is 2. The number of hydrogen-bond acceptors (Lipinski definition) is 6. The van der Waals surface area contributed by atoms with Gasteiger partial charge in [0, 0.05) is 13.1 Å². The van der Waals surface area contributed by atoms with Crippen molar-refractivity contribution in [1.29, 1.82) is 0 Å². The molecular formula is C6H16N4O2. The van der Waals surface area contributed by atoms with Crippen LogP contribution in [0.15, 0.2) is 0 Å². The van der Waals surface area contributed by atoms with E-state index < -0.39 is 11.4 Å². The van der Waals surface area contributed by atoms with E-state index in [-0.39, 0.29) is 26.3 Å². The maximum atomic E-state index is 5.67. The van der Waals surface area contributed by atoms with Gasteiger partial charge in [-0.1, -0.05) is 0 Å². The quantitative estimate of drug-likeness (QED) is 0.362. The molecule has 0 radical (unpaired) electrons. The van der Waals surface area contributed by atoms with Crippen molar-refractivity contribution in [2.45, 2.75) is 11.4 Å². The van der Waals surface area contributed by atoms with Crippen molar-refractivity contribution < 1.29 is 9.47 Å². The van der Waals surface area contributed by atoms with Gasteiger partial charge in [0.1, 0.15) is 0 Å². The Kier molecular flexibility index (Phi) is 2.67. The topological polar surface area (TPSA) is 123 Å². The first kappa shape index (κ1) is 9.85. The fraction of sp³-hybridized carbons (Fsp3) is 1.00. The Morgan fingerprint density at radius 1 is 0.917 bits per heavy atom. The van der Waals surface area contributed by atoms with Crippen LogP contribution in [-0.2, 0) is 9.47 Å². The third kappa shape index (κ3) is 1.92. The lowest BCUT2D eigenvalue weighted by Crippen LogP contribution is -2.66. The molecule has 72 valence electrons. The van der Waals surface area contributed by atoms with Gasteiger partial charge in [-0.25, -0.2) is 0 Å². The van der Waals surface area contributed by atoms with Crippen molar-refractivity contribution in [1.82, 2.24) is 0 Å². The summed E-state index contributed by atoms with van der Waals surface area (Å²) in [5, 5.41) is 0. The lowest BCUT2D eigenvalue weighted by molar-refractivity contribution is -0.224. The molecule has 8 N–H and O–H groups in total. The van der Waals surface area contributed by atoms with Crippen LogP contribution in [0.2, 0.25) is 0 Å². The van der Waals surface area contributed by atoms with Crippen LogP contribution in [0, 0.1) is 0 Å². The molecule has 1 aliphatic heterocycles. The highest BCUT2D eigenvalue weighted by Gasteiger charge is 2.38. The maximum absolute atomic E-state index is 5.67. The molecular weight excluding hydrogens is 160 g/mol. The van der Waals surface area contributed by atoms with Gasteiger partial charge in [-0.2, -0.15) is 0 Å². The molecule has 0 amide bonds. The highest BCUT2D eigenvalue weighted by molar-refractivity contribution is 4.85. The largest absolute Gasteiger partial charge is 0.353 e. The van der Waals surface area contributed by atoms with Crippen LogP contribution in [0.1, 0.15) is 0 Å². The Bertz CT molecular complexity index is 138. The number of rotatable bonds is 2. The van der Waals surface area contributed by atoms with Gasteiger partial charge in [0.15, 0.2) is 11.4 Å². The Morgan fingerprint density at radius 2 is 1.25 bits per heavy atom. The van der Waals surface area contributed by atoms with Gasteiger partial charge in [0.25, 0.3) is 0 Å². The molecule has 12 heavy (non-hydrogen) atoms. The molecule has 0 aromatic rings. The van der Waals surface area contributed by atoms with Gasteiger partial charge in [-0.05, 0) is 0 Å². The summed E-state index contributed by atoms with van der Waals surface area (Å²) in [5.41, 5.74) is 20.3. The third-order valence-corrected chi connectivity index (χ3v) is 1.90. The van der Waals surface area contributed by atoms with E-state index in [1.165, 1.54) is 0 Å². The maximum Gasteiger partial charge on any atom is 0.152 e.